The topological polar surface area (TPSA) is 72.6 Å². The molecule has 3 rings (SSSR count). The summed E-state index contributed by atoms with van der Waals surface area (Å²) in [4.78, 5) is 25.9. The highest BCUT2D eigenvalue weighted by molar-refractivity contribution is 7.11. The molecule has 1 aromatic heterocycles. The molecular formula is C16H12ClFN2O3S. The number of imide groups is 1. The predicted molar refractivity (Wildman–Crippen MR) is 91.2 cm³/mol. The lowest BCUT2D eigenvalue weighted by Gasteiger charge is -2.12. The Morgan fingerprint density at radius 3 is 2.79 bits per heavy atom. The molecule has 2 heterocycles. The van der Waals surface area contributed by atoms with Crippen LogP contribution in [0.15, 0.2) is 29.6 Å². The van der Waals surface area contributed by atoms with E-state index in [0.717, 1.165) is 11.0 Å². The molecule has 3 amide bonds. The number of benzene rings is 1. The highest BCUT2D eigenvalue weighted by Gasteiger charge is 2.39. The number of anilines is 1. The summed E-state index contributed by atoms with van der Waals surface area (Å²) in [7, 11) is 0. The van der Waals surface area contributed by atoms with Gasteiger partial charge in [-0.25, -0.2) is 14.1 Å². The zero-order chi connectivity index (χ0) is 17.4. The van der Waals surface area contributed by atoms with E-state index in [-0.39, 0.29) is 27.6 Å². The Balaban J connectivity index is 2.33. The van der Waals surface area contributed by atoms with Crippen LogP contribution in [0.1, 0.15) is 17.4 Å². The molecule has 124 valence electrons. The number of thiophene rings is 1. The summed E-state index contributed by atoms with van der Waals surface area (Å²) < 4.78 is 19.6. The van der Waals surface area contributed by atoms with Gasteiger partial charge in [0, 0.05) is 5.56 Å². The van der Waals surface area contributed by atoms with Gasteiger partial charge in [0.2, 0.25) is 0 Å². The van der Waals surface area contributed by atoms with Crippen molar-refractivity contribution in [2.75, 3.05) is 11.5 Å². The van der Waals surface area contributed by atoms with Crippen LogP contribution in [0.3, 0.4) is 0 Å². The Hall–Kier alpha value is -2.38. The van der Waals surface area contributed by atoms with Gasteiger partial charge in [-0.2, -0.15) is 0 Å². The number of urea groups is 1. The highest BCUT2D eigenvalue weighted by atomic mass is 35.5. The van der Waals surface area contributed by atoms with E-state index < -0.39 is 17.8 Å². The average Bonchev–Trinajstić information content (AvgIpc) is 3.12. The van der Waals surface area contributed by atoms with E-state index in [1.54, 1.807) is 19.1 Å². The second-order valence-corrected chi connectivity index (χ2v) is 6.23. The summed E-state index contributed by atoms with van der Waals surface area (Å²) in [5.74, 6) is -1.09. The lowest BCUT2D eigenvalue weighted by Crippen LogP contribution is -2.38. The van der Waals surface area contributed by atoms with Crippen LogP contribution in [0.5, 0.6) is 0 Å². The number of carbonyl (C=O) groups excluding carboxylic acids is 2. The summed E-state index contributed by atoms with van der Waals surface area (Å²) in [6.07, 6.45) is 0. The SMILES string of the molecule is CCOC(=C1C(=O)N(C(N)=O)c2cc(Cl)c(F)cc21)c1cccs1. The predicted octanol–water partition coefficient (Wildman–Crippen LogP) is 3.87. The maximum absolute atomic E-state index is 14.0. The van der Waals surface area contributed by atoms with Crippen LogP contribution in [-0.2, 0) is 9.53 Å². The Morgan fingerprint density at radius 1 is 1.46 bits per heavy atom. The monoisotopic (exact) mass is 366 g/mol. The highest BCUT2D eigenvalue weighted by Crippen LogP contribution is 2.43. The number of carbonyl (C=O) groups is 2. The Morgan fingerprint density at radius 2 is 2.21 bits per heavy atom. The number of ether oxygens (including phenoxy) is 1. The van der Waals surface area contributed by atoms with Crippen molar-refractivity contribution in [2.24, 2.45) is 5.73 Å². The van der Waals surface area contributed by atoms with Crippen molar-refractivity contribution < 1.29 is 18.7 Å². The van der Waals surface area contributed by atoms with Gasteiger partial charge in [0.05, 0.1) is 27.8 Å². The molecule has 2 aromatic rings. The third-order valence-corrected chi connectivity index (χ3v) is 4.61. The maximum Gasteiger partial charge on any atom is 0.326 e. The van der Waals surface area contributed by atoms with Gasteiger partial charge in [0.25, 0.3) is 5.91 Å². The van der Waals surface area contributed by atoms with Crippen molar-refractivity contribution in [1.29, 1.82) is 0 Å². The molecule has 1 aliphatic heterocycles. The first-order valence-electron chi connectivity index (χ1n) is 7.00. The van der Waals surface area contributed by atoms with Crippen LogP contribution >= 0.6 is 22.9 Å². The molecule has 0 aliphatic carbocycles. The molecule has 1 aromatic carbocycles. The third-order valence-electron chi connectivity index (χ3n) is 3.45. The Bertz CT molecular complexity index is 864. The molecule has 24 heavy (non-hydrogen) atoms. The van der Waals surface area contributed by atoms with Gasteiger partial charge >= 0.3 is 6.03 Å². The molecule has 0 unspecified atom stereocenters. The minimum Gasteiger partial charge on any atom is -0.492 e. The van der Waals surface area contributed by atoms with Gasteiger partial charge in [0.1, 0.15) is 11.6 Å². The molecule has 0 bridgehead atoms. The molecule has 0 saturated heterocycles. The van der Waals surface area contributed by atoms with E-state index in [1.807, 2.05) is 5.38 Å². The number of hydrogen-bond acceptors (Lipinski definition) is 4. The van der Waals surface area contributed by atoms with Gasteiger partial charge in [-0.1, -0.05) is 17.7 Å². The summed E-state index contributed by atoms with van der Waals surface area (Å²) in [6.45, 7) is 2.06. The van der Waals surface area contributed by atoms with Crippen molar-refractivity contribution in [3.63, 3.8) is 0 Å². The van der Waals surface area contributed by atoms with E-state index in [1.165, 1.54) is 17.4 Å². The van der Waals surface area contributed by atoms with Crippen molar-refractivity contribution >= 4 is 51.9 Å². The van der Waals surface area contributed by atoms with Gasteiger partial charge in [-0.15, -0.1) is 11.3 Å². The first-order chi connectivity index (χ1) is 11.5. The van der Waals surface area contributed by atoms with Gasteiger partial charge in [0.15, 0.2) is 0 Å². The maximum atomic E-state index is 14.0. The summed E-state index contributed by atoms with van der Waals surface area (Å²) >= 11 is 7.15. The zero-order valence-corrected chi connectivity index (χ0v) is 14.1. The number of fused-ring (bicyclic) bond motifs is 1. The molecule has 0 fully saturated rings. The first kappa shape index (κ1) is 16.5. The molecule has 5 nitrogen and oxygen atoms in total. The van der Waals surface area contributed by atoms with Crippen LogP contribution in [0.4, 0.5) is 14.9 Å². The van der Waals surface area contributed by atoms with E-state index >= 15 is 0 Å². The van der Waals surface area contributed by atoms with E-state index in [9.17, 15) is 14.0 Å². The summed E-state index contributed by atoms with van der Waals surface area (Å²) in [5.41, 5.74) is 5.76. The first-order valence-corrected chi connectivity index (χ1v) is 8.25. The number of hydrogen-bond donors (Lipinski definition) is 1. The number of halogens is 2. The molecule has 0 saturated carbocycles. The number of primary amides is 1. The quantitative estimate of drug-likeness (QED) is 0.662. The van der Waals surface area contributed by atoms with E-state index in [2.05, 4.69) is 0 Å². The van der Waals surface area contributed by atoms with Crippen molar-refractivity contribution in [3.8, 4) is 0 Å². The molecule has 0 spiro atoms. The summed E-state index contributed by atoms with van der Waals surface area (Å²) in [6, 6.07) is 4.92. The van der Waals surface area contributed by atoms with Crippen molar-refractivity contribution in [3.05, 3.63) is 50.9 Å². The molecule has 1 aliphatic rings. The fourth-order valence-electron chi connectivity index (χ4n) is 2.51. The second kappa shape index (κ2) is 6.26. The number of nitrogens with zero attached hydrogens (tertiary/aromatic N) is 1. The van der Waals surface area contributed by atoms with Crippen molar-refractivity contribution in [2.45, 2.75) is 6.92 Å². The van der Waals surface area contributed by atoms with Crippen LogP contribution in [0, 0.1) is 5.82 Å². The fourth-order valence-corrected chi connectivity index (χ4v) is 3.40. The lowest BCUT2D eigenvalue weighted by atomic mass is 10.0. The molecule has 2 N–H and O–H groups in total. The Labute approximate surface area is 146 Å². The largest absolute Gasteiger partial charge is 0.492 e. The lowest BCUT2D eigenvalue weighted by molar-refractivity contribution is -0.112. The van der Waals surface area contributed by atoms with Gasteiger partial charge < -0.3 is 10.5 Å². The third kappa shape index (κ3) is 2.55. The molecule has 0 radical (unpaired) electrons. The van der Waals surface area contributed by atoms with E-state index in [0.29, 0.717) is 11.5 Å². The van der Waals surface area contributed by atoms with Crippen LogP contribution < -0.4 is 10.6 Å². The minimum atomic E-state index is -0.971. The number of rotatable bonds is 3. The van der Waals surface area contributed by atoms with Crippen LogP contribution in [0.2, 0.25) is 5.02 Å². The standard InChI is InChI=1S/C16H12ClFN2O3S/c1-2-23-14(12-4-3-5-24-12)13-8-6-10(18)9(17)7-11(8)20(15(13)21)16(19)22/h3-7H,2H2,1H3,(H2,19,22). The minimum absolute atomic E-state index is 0.0867. The van der Waals surface area contributed by atoms with Gasteiger partial charge in [-0.05, 0) is 30.5 Å². The Kier molecular flexibility index (Phi) is 4.29. The molecular weight excluding hydrogens is 355 g/mol. The van der Waals surface area contributed by atoms with Crippen LogP contribution in [-0.4, -0.2) is 18.5 Å². The second-order valence-electron chi connectivity index (χ2n) is 4.88. The molecule has 0 atom stereocenters. The van der Waals surface area contributed by atoms with Gasteiger partial charge in [-0.3, -0.25) is 4.79 Å². The average molecular weight is 367 g/mol. The summed E-state index contributed by atoms with van der Waals surface area (Å²) in [5, 5.41) is 1.62. The normalized spacial score (nSPS) is 15.5. The van der Waals surface area contributed by atoms with Crippen LogP contribution in [0.25, 0.3) is 11.3 Å². The van der Waals surface area contributed by atoms with Crippen molar-refractivity contribution in [1.82, 2.24) is 0 Å². The smallest absolute Gasteiger partial charge is 0.326 e. The van der Waals surface area contributed by atoms with E-state index in [4.69, 9.17) is 22.1 Å². The number of nitrogens with two attached hydrogens (primary N) is 1. The molecule has 8 heteroatoms. The fraction of sp³-hybridized carbons (Fsp3) is 0.125. The number of amides is 3. The zero-order valence-electron chi connectivity index (χ0n) is 12.5.